The number of rotatable bonds is 12. The molecule has 1 aromatic heterocycles. The molecule has 0 unspecified atom stereocenters. The Bertz CT molecular complexity index is 1280. The maximum absolute atomic E-state index is 12.9. The Hall–Kier alpha value is -3.46. The van der Waals surface area contributed by atoms with Gasteiger partial charge >= 0.3 is 0 Å². The number of nitrogens with one attached hydrogen (secondary N) is 2. The number of Topliss-reactive ketones (excluding diaryl/α,β-unsaturated/α-hetero) is 1. The van der Waals surface area contributed by atoms with Gasteiger partial charge in [0.05, 0.1) is 0 Å². The first-order chi connectivity index (χ1) is 18.9. The first kappa shape index (κ1) is 28.5. The van der Waals surface area contributed by atoms with Crippen molar-refractivity contribution < 1.29 is 19.1 Å². The van der Waals surface area contributed by atoms with Gasteiger partial charge in [0, 0.05) is 75.5 Å². The third-order valence-electron chi connectivity index (χ3n) is 6.65. The van der Waals surface area contributed by atoms with Gasteiger partial charge in [0.25, 0.3) is 5.91 Å². The smallest absolute Gasteiger partial charge is 0.269 e. The zero-order chi connectivity index (χ0) is 27.6. The van der Waals surface area contributed by atoms with E-state index >= 15 is 0 Å². The molecule has 1 amide bonds. The van der Waals surface area contributed by atoms with E-state index in [9.17, 15) is 9.59 Å². The fourth-order valence-corrected chi connectivity index (χ4v) is 4.54. The minimum Gasteiger partial charge on any atom is -0.492 e. The number of nitrogens with zero attached hydrogens (tertiary/aromatic N) is 2. The third-order valence-corrected chi connectivity index (χ3v) is 7.05. The number of hydrogen-bond donors (Lipinski definition) is 2. The molecular weight excluding hydrogens is 516 g/mol. The number of aromatic nitrogens is 1. The van der Waals surface area contributed by atoms with Crippen molar-refractivity contribution in [3.05, 3.63) is 82.1 Å². The molecular formula is C30H35ClN4O4. The SMILES string of the molecule is CNC(=O)c1cc(Oc2ccc(CCC(=O)Cc3cc(C)c(Cl)cc3OCCN3CCNCC3)cc2)ccn1. The molecule has 1 aliphatic heterocycles. The number of piperazine rings is 1. The van der Waals surface area contributed by atoms with Gasteiger partial charge in [-0.1, -0.05) is 29.8 Å². The fraction of sp³-hybridized carbons (Fsp3) is 0.367. The maximum atomic E-state index is 12.9. The molecule has 2 heterocycles. The third kappa shape index (κ3) is 8.51. The lowest BCUT2D eigenvalue weighted by Crippen LogP contribution is -2.44. The van der Waals surface area contributed by atoms with E-state index in [4.69, 9.17) is 21.1 Å². The summed E-state index contributed by atoms with van der Waals surface area (Å²) in [4.78, 5) is 31.1. The Morgan fingerprint density at radius 2 is 1.85 bits per heavy atom. The summed E-state index contributed by atoms with van der Waals surface area (Å²) in [7, 11) is 1.56. The number of carbonyl (C=O) groups is 2. The standard InChI is InChI=1S/C30H35ClN4O4/c1-21-17-23(29(20-27(21)31)38-16-15-35-13-11-33-12-14-35)18-24(36)6-3-22-4-7-25(8-5-22)39-26-9-10-34-28(19-26)30(37)32-2/h4-5,7-10,17,19-20,33H,3,6,11-16,18H2,1-2H3,(H,32,37). The number of amides is 1. The molecule has 2 aromatic carbocycles. The molecule has 1 aliphatic rings. The summed E-state index contributed by atoms with van der Waals surface area (Å²) in [5.41, 5.74) is 3.13. The van der Waals surface area contributed by atoms with Crippen LogP contribution in [-0.2, 0) is 17.6 Å². The number of benzene rings is 2. The molecule has 1 saturated heterocycles. The van der Waals surface area contributed by atoms with E-state index in [1.54, 1.807) is 19.2 Å². The highest BCUT2D eigenvalue weighted by molar-refractivity contribution is 6.31. The van der Waals surface area contributed by atoms with Crippen molar-refractivity contribution in [3.63, 3.8) is 0 Å². The van der Waals surface area contributed by atoms with Gasteiger partial charge in [0.2, 0.25) is 0 Å². The van der Waals surface area contributed by atoms with Crippen molar-refractivity contribution in [1.29, 1.82) is 0 Å². The van der Waals surface area contributed by atoms with Crippen LogP contribution in [0.4, 0.5) is 0 Å². The van der Waals surface area contributed by atoms with E-state index in [1.807, 2.05) is 43.3 Å². The molecule has 1 fully saturated rings. The lowest BCUT2D eigenvalue weighted by Gasteiger charge is -2.27. The molecule has 0 radical (unpaired) electrons. The summed E-state index contributed by atoms with van der Waals surface area (Å²) < 4.78 is 11.9. The quantitative estimate of drug-likeness (QED) is 0.349. The van der Waals surface area contributed by atoms with Gasteiger partial charge in [-0.2, -0.15) is 0 Å². The van der Waals surface area contributed by atoms with Gasteiger partial charge in [0.15, 0.2) is 0 Å². The van der Waals surface area contributed by atoms with E-state index in [0.717, 1.165) is 49.4 Å². The van der Waals surface area contributed by atoms with E-state index in [-0.39, 0.29) is 17.4 Å². The Labute approximate surface area is 234 Å². The Kier molecular flexibility index (Phi) is 10.3. The fourth-order valence-electron chi connectivity index (χ4n) is 4.39. The van der Waals surface area contributed by atoms with Gasteiger partial charge in [-0.05, 0) is 48.7 Å². The van der Waals surface area contributed by atoms with Crippen LogP contribution in [0.25, 0.3) is 0 Å². The van der Waals surface area contributed by atoms with Crippen molar-refractivity contribution >= 4 is 23.3 Å². The number of aryl methyl sites for hydroxylation is 2. The average Bonchev–Trinajstić information content (AvgIpc) is 2.95. The molecule has 2 N–H and O–H groups in total. The molecule has 39 heavy (non-hydrogen) atoms. The molecule has 9 heteroatoms. The Morgan fingerprint density at radius 3 is 2.59 bits per heavy atom. The van der Waals surface area contributed by atoms with Crippen LogP contribution in [0, 0.1) is 6.92 Å². The second kappa shape index (κ2) is 14.1. The second-order valence-corrected chi connectivity index (χ2v) is 9.97. The van der Waals surface area contributed by atoms with Crippen molar-refractivity contribution in [2.45, 2.75) is 26.2 Å². The lowest BCUT2D eigenvalue weighted by atomic mass is 10.0. The second-order valence-electron chi connectivity index (χ2n) is 9.57. The van der Waals surface area contributed by atoms with Crippen LogP contribution in [0.2, 0.25) is 5.02 Å². The van der Waals surface area contributed by atoms with Crippen molar-refractivity contribution in [2.75, 3.05) is 46.4 Å². The van der Waals surface area contributed by atoms with Crippen LogP contribution in [0.5, 0.6) is 17.2 Å². The lowest BCUT2D eigenvalue weighted by molar-refractivity contribution is -0.118. The monoisotopic (exact) mass is 550 g/mol. The molecule has 0 spiro atoms. The van der Waals surface area contributed by atoms with Crippen LogP contribution >= 0.6 is 11.6 Å². The molecule has 0 saturated carbocycles. The van der Waals surface area contributed by atoms with E-state index in [0.29, 0.717) is 48.1 Å². The molecule has 0 aliphatic carbocycles. The Morgan fingerprint density at radius 1 is 1.08 bits per heavy atom. The van der Waals surface area contributed by atoms with Gasteiger partial charge in [-0.25, -0.2) is 0 Å². The van der Waals surface area contributed by atoms with Gasteiger partial charge < -0.3 is 20.1 Å². The number of ether oxygens (including phenoxy) is 2. The van der Waals surface area contributed by atoms with Crippen molar-refractivity contribution in [2.24, 2.45) is 0 Å². The average molecular weight is 551 g/mol. The zero-order valence-electron chi connectivity index (χ0n) is 22.5. The highest BCUT2D eigenvalue weighted by atomic mass is 35.5. The number of hydrogen-bond acceptors (Lipinski definition) is 7. The highest BCUT2D eigenvalue weighted by Gasteiger charge is 2.14. The van der Waals surface area contributed by atoms with Gasteiger partial charge in [-0.3, -0.25) is 19.5 Å². The first-order valence-corrected chi connectivity index (χ1v) is 13.6. The van der Waals surface area contributed by atoms with E-state index in [2.05, 4.69) is 20.5 Å². The maximum Gasteiger partial charge on any atom is 0.269 e. The summed E-state index contributed by atoms with van der Waals surface area (Å²) in [6, 6.07) is 14.7. The summed E-state index contributed by atoms with van der Waals surface area (Å²) >= 11 is 6.37. The topological polar surface area (TPSA) is 92.8 Å². The minimum atomic E-state index is -0.275. The largest absolute Gasteiger partial charge is 0.492 e. The predicted octanol–water partition coefficient (Wildman–Crippen LogP) is 4.22. The molecule has 4 rings (SSSR count). The number of pyridine rings is 1. The number of halogens is 1. The van der Waals surface area contributed by atoms with Crippen molar-refractivity contribution in [1.82, 2.24) is 20.5 Å². The Balaban J connectivity index is 1.29. The molecule has 206 valence electrons. The molecule has 0 bridgehead atoms. The highest BCUT2D eigenvalue weighted by Crippen LogP contribution is 2.28. The van der Waals surface area contributed by atoms with Crippen LogP contribution < -0.4 is 20.1 Å². The summed E-state index contributed by atoms with van der Waals surface area (Å²) in [5, 5.41) is 6.54. The normalized spacial score (nSPS) is 13.6. The van der Waals surface area contributed by atoms with Crippen LogP contribution in [0.3, 0.4) is 0 Å². The van der Waals surface area contributed by atoms with Crippen LogP contribution in [-0.4, -0.2) is 68.0 Å². The van der Waals surface area contributed by atoms with E-state index < -0.39 is 0 Å². The summed E-state index contributed by atoms with van der Waals surface area (Å²) in [6.45, 7) is 7.36. The van der Waals surface area contributed by atoms with E-state index in [1.165, 1.54) is 6.20 Å². The van der Waals surface area contributed by atoms with Crippen LogP contribution in [0.1, 0.15) is 33.6 Å². The first-order valence-electron chi connectivity index (χ1n) is 13.2. The molecule has 3 aromatic rings. The minimum absolute atomic E-state index is 0.141. The number of ketones is 1. The van der Waals surface area contributed by atoms with Crippen LogP contribution in [0.15, 0.2) is 54.7 Å². The summed E-state index contributed by atoms with van der Waals surface area (Å²) in [6.07, 6.45) is 2.88. The molecule has 8 nitrogen and oxygen atoms in total. The van der Waals surface area contributed by atoms with Gasteiger partial charge in [-0.15, -0.1) is 0 Å². The van der Waals surface area contributed by atoms with Crippen molar-refractivity contribution in [3.8, 4) is 17.2 Å². The molecule has 0 atom stereocenters. The zero-order valence-corrected chi connectivity index (χ0v) is 23.2. The number of carbonyl (C=O) groups excluding carboxylic acids is 2. The summed E-state index contributed by atoms with van der Waals surface area (Å²) in [5.74, 6) is 1.71. The van der Waals surface area contributed by atoms with Gasteiger partial charge in [0.1, 0.15) is 35.3 Å². The predicted molar refractivity (Wildman–Crippen MR) is 152 cm³/mol.